The Bertz CT molecular complexity index is 1080. The van der Waals surface area contributed by atoms with Gasteiger partial charge >= 0.3 is 0 Å². The zero-order valence-corrected chi connectivity index (χ0v) is 17.1. The van der Waals surface area contributed by atoms with E-state index in [4.69, 9.17) is 11.6 Å². The minimum absolute atomic E-state index is 0.0383. The highest BCUT2D eigenvalue weighted by molar-refractivity contribution is 6.31. The topological polar surface area (TPSA) is 66.1 Å². The van der Waals surface area contributed by atoms with E-state index in [0.717, 1.165) is 0 Å². The molecule has 0 aliphatic carbocycles. The summed E-state index contributed by atoms with van der Waals surface area (Å²) in [5, 5.41) is 1.01. The average Bonchev–Trinajstić information content (AvgIpc) is 2.64. The van der Waals surface area contributed by atoms with Crippen LogP contribution in [0.4, 0.5) is 0 Å². The number of nitrogens with one attached hydrogen (secondary N) is 1. The van der Waals surface area contributed by atoms with E-state index in [0.29, 0.717) is 41.1 Å². The van der Waals surface area contributed by atoms with Crippen LogP contribution in [0, 0.1) is 13.8 Å². The molecule has 3 rings (SSSR count). The molecule has 1 aromatic heterocycles. The molecular weight excluding hydrogens is 374 g/mol. The summed E-state index contributed by atoms with van der Waals surface area (Å²) in [5.41, 5.74) is 3.91. The Balaban J connectivity index is 1.73. The first-order valence-electron chi connectivity index (χ1n) is 9.39. The number of aryl methyl sites for hydroxylation is 3. The lowest BCUT2D eigenvalue weighted by atomic mass is 10.0. The minimum atomic E-state index is -0.226. The first kappa shape index (κ1) is 20.1. The largest absolute Gasteiger partial charge is 0.335 e. The molecule has 0 aliphatic heterocycles. The number of hydrogen-bond donors (Lipinski definition) is 1. The van der Waals surface area contributed by atoms with Crippen LogP contribution in [0.5, 0.6) is 0 Å². The molecule has 2 aromatic carbocycles. The maximum Gasteiger partial charge on any atom is 0.258 e. The fourth-order valence-corrected chi connectivity index (χ4v) is 3.49. The van der Waals surface area contributed by atoms with Crippen LogP contribution in [0.3, 0.4) is 0 Å². The van der Waals surface area contributed by atoms with Crippen molar-refractivity contribution in [3.63, 3.8) is 0 Å². The van der Waals surface area contributed by atoms with E-state index < -0.39 is 0 Å². The Morgan fingerprint density at radius 3 is 2.68 bits per heavy atom. The normalized spacial score (nSPS) is 11.0. The Morgan fingerprint density at radius 1 is 1.18 bits per heavy atom. The van der Waals surface area contributed by atoms with Crippen LogP contribution in [0.2, 0.25) is 5.02 Å². The first-order chi connectivity index (χ1) is 13.4. The smallest absolute Gasteiger partial charge is 0.258 e. The third-order valence-electron chi connectivity index (χ3n) is 4.90. The molecular formula is C22H24ClN3O2. The summed E-state index contributed by atoms with van der Waals surface area (Å²) in [5.74, 6) is 0.498. The predicted octanol–water partition coefficient (Wildman–Crippen LogP) is 4.17. The van der Waals surface area contributed by atoms with Gasteiger partial charge < -0.3 is 9.88 Å². The maximum absolute atomic E-state index is 12.7. The van der Waals surface area contributed by atoms with Crippen molar-refractivity contribution < 1.29 is 4.79 Å². The Labute approximate surface area is 169 Å². The second kappa shape index (κ2) is 8.57. The van der Waals surface area contributed by atoms with Gasteiger partial charge in [0.05, 0.1) is 17.4 Å². The van der Waals surface area contributed by atoms with Crippen molar-refractivity contribution in [3.8, 4) is 0 Å². The minimum Gasteiger partial charge on any atom is -0.335 e. The second-order valence-corrected chi connectivity index (χ2v) is 7.45. The SMILES string of the molecule is CCN(Cc1nc2cc(Cl)ccc2c(=O)[nH]1)C(=O)CCc1ccc(C)cc1C. The van der Waals surface area contributed by atoms with E-state index in [9.17, 15) is 9.59 Å². The molecule has 1 N–H and O–H groups in total. The standard InChI is InChI=1S/C22H24ClN3O2/c1-4-26(21(27)10-7-16-6-5-14(2)11-15(16)3)13-20-24-19-12-17(23)8-9-18(19)22(28)25-20/h5-6,8-9,11-12H,4,7,10,13H2,1-3H3,(H,24,25,28). The highest BCUT2D eigenvalue weighted by atomic mass is 35.5. The van der Waals surface area contributed by atoms with Gasteiger partial charge in [0.15, 0.2) is 0 Å². The van der Waals surface area contributed by atoms with Gasteiger partial charge in [-0.1, -0.05) is 35.4 Å². The number of fused-ring (bicyclic) bond motifs is 1. The zero-order valence-electron chi connectivity index (χ0n) is 16.4. The Hall–Kier alpha value is -2.66. The number of hydrogen-bond acceptors (Lipinski definition) is 3. The van der Waals surface area contributed by atoms with Crippen molar-refractivity contribution in [1.29, 1.82) is 0 Å². The van der Waals surface area contributed by atoms with E-state index in [-0.39, 0.29) is 18.0 Å². The van der Waals surface area contributed by atoms with E-state index in [1.54, 1.807) is 23.1 Å². The number of aromatic nitrogens is 2. The molecule has 0 spiro atoms. The molecule has 0 fully saturated rings. The number of carbonyl (C=O) groups is 1. The summed E-state index contributed by atoms with van der Waals surface area (Å²) in [7, 11) is 0. The fourth-order valence-electron chi connectivity index (χ4n) is 3.32. The predicted molar refractivity (Wildman–Crippen MR) is 113 cm³/mol. The van der Waals surface area contributed by atoms with E-state index in [1.807, 2.05) is 6.92 Å². The number of nitrogens with zero attached hydrogens (tertiary/aromatic N) is 2. The fraction of sp³-hybridized carbons (Fsp3) is 0.318. The van der Waals surface area contributed by atoms with Crippen LogP contribution in [-0.4, -0.2) is 27.3 Å². The number of aromatic amines is 1. The van der Waals surface area contributed by atoms with Crippen molar-refractivity contribution in [1.82, 2.24) is 14.9 Å². The van der Waals surface area contributed by atoms with Crippen LogP contribution in [0.15, 0.2) is 41.2 Å². The average molecular weight is 398 g/mol. The molecule has 0 unspecified atom stereocenters. The van der Waals surface area contributed by atoms with Crippen molar-refractivity contribution in [2.24, 2.45) is 0 Å². The van der Waals surface area contributed by atoms with Gasteiger partial charge in [0.25, 0.3) is 5.56 Å². The number of carbonyl (C=O) groups excluding carboxylic acids is 1. The van der Waals surface area contributed by atoms with Gasteiger partial charge in [0.1, 0.15) is 5.82 Å². The Kier molecular flexibility index (Phi) is 6.15. The van der Waals surface area contributed by atoms with Gasteiger partial charge in [-0.15, -0.1) is 0 Å². The highest BCUT2D eigenvalue weighted by Gasteiger charge is 2.15. The van der Waals surface area contributed by atoms with Gasteiger partial charge in [0.2, 0.25) is 5.91 Å². The molecule has 0 saturated heterocycles. The molecule has 0 saturated carbocycles. The lowest BCUT2D eigenvalue weighted by molar-refractivity contribution is -0.131. The van der Waals surface area contributed by atoms with Gasteiger partial charge in [-0.25, -0.2) is 4.98 Å². The molecule has 1 amide bonds. The molecule has 0 atom stereocenters. The molecule has 3 aromatic rings. The third-order valence-corrected chi connectivity index (χ3v) is 5.13. The molecule has 1 heterocycles. The first-order valence-corrected chi connectivity index (χ1v) is 9.77. The van der Waals surface area contributed by atoms with Crippen LogP contribution in [0.25, 0.3) is 10.9 Å². The second-order valence-electron chi connectivity index (χ2n) is 7.01. The summed E-state index contributed by atoms with van der Waals surface area (Å²) in [6, 6.07) is 11.3. The van der Waals surface area contributed by atoms with E-state index in [1.165, 1.54) is 16.7 Å². The van der Waals surface area contributed by atoms with E-state index >= 15 is 0 Å². The summed E-state index contributed by atoms with van der Waals surface area (Å²) in [6.07, 6.45) is 1.11. The summed E-state index contributed by atoms with van der Waals surface area (Å²) in [4.78, 5) is 34.0. The molecule has 0 aliphatic rings. The molecule has 0 radical (unpaired) electrons. The number of amides is 1. The van der Waals surface area contributed by atoms with Gasteiger partial charge in [0, 0.05) is 18.0 Å². The van der Waals surface area contributed by atoms with Crippen LogP contribution < -0.4 is 5.56 Å². The molecule has 146 valence electrons. The molecule has 5 nitrogen and oxygen atoms in total. The maximum atomic E-state index is 12.7. The molecule has 0 bridgehead atoms. The summed E-state index contributed by atoms with van der Waals surface area (Å²) >= 11 is 6.01. The zero-order chi connectivity index (χ0) is 20.3. The molecule has 6 heteroatoms. The highest BCUT2D eigenvalue weighted by Crippen LogP contribution is 2.16. The number of H-pyrrole nitrogens is 1. The van der Waals surface area contributed by atoms with Crippen molar-refractivity contribution in [2.75, 3.05) is 6.54 Å². The van der Waals surface area contributed by atoms with E-state index in [2.05, 4.69) is 42.0 Å². The Morgan fingerprint density at radius 2 is 1.96 bits per heavy atom. The summed E-state index contributed by atoms with van der Waals surface area (Å²) < 4.78 is 0. The monoisotopic (exact) mass is 397 g/mol. The molecule has 28 heavy (non-hydrogen) atoms. The number of rotatable bonds is 6. The van der Waals surface area contributed by atoms with Crippen molar-refractivity contribution >= 4 is 28.4 Å². The van der Waals surface area contributed by atoms with Gasteiger partial charge in [-0.05, 0) is 56.5 Å². The summed E-state index contributed by atoms with van der Waals surface area (Å²) in [6.45, 7) is 6.86. The van der Waals surface area contributed by atoms with Gasteiger partial charge in [-0.3, -0.25) is 9.59 Å². The number of benzene rings is 2. The van der Waals surface area contributed by atoms with Crippen LogP contribution in [0.1, 0.15) is 35.9 Å². The van der Waals surface area contributed by atoms with Crippen molar-refractivity contribution in [2.45, 2.75) is 40.2 Å². The number of halogens is 1. The lowest BCUT2D eigenvalue weighted by Gasteiger charge is -2.20. The van der Waals surface area contributed by atoms with Crippen LogP contribution in [-0.2, 0) is 17.8 Å². The van der Waals surface area contributed by atoms with Crippen LogP contribution >= 0.6 is 11.6 Å². The lowest BCUT2D eigenvalue weighted by Crippen LogP contribution is -2.32. The quantitative estimate of drug-likeness (QED) is 0.678. The third kappa shape index (κ3) is 4.60. The van der Waals surface area contributed by atoms with Crippen molar-refractivity contribution in [3.05, 3.63) is 74.3 Å². The van der Waals surface area contributed by atoms with Gasteiger partial charge in [-0.2, -0.15) is 0 Å².